The van der Waals surface area contributed by atoms with Gasteiger partial charge in [0, 0.05) is 62.8 Å². The van der Waals surface area contributed by atoms with Gasteiger partial charge in [-0.1, -0.05) is 89.0 Å². The summed E-state index contributed by atoms with van der Waals surface area (Å²) in [5, 5.41) is 4.90. The van der Waals surface area contributed by atoms with Gasteiger partial charge in [-0.2, -0.15) is 0 Å². The van der Waals surface area contributed by atoms with Crippen molar-refractivity contribution in [3.05, 3.63) is 180 Å². The molecule has 0 saturated carbocycles. The lowest BCUT2D eigenvalue weighted by Crippen LogP contribution is -2.61. The van der Waals surface area contributed by atoms with Gasteiger partial charge in [-0.3, -0.25) is 0 Å². The van der Waals surface area contributed by atoms with Gasteiger partial charge in [0.05, 0.1) is 33.4 Å². The van der Waals surface area contributed by atoms with Gasteiger partial charge in [0.25, 0.3) is 13.4 Å². The highest BCUT2D eigenvalue weighted by Gasteiger charge is 2.45. The minimum absolute atomic E-state index is 0.132. The molecule has 0 unspecified atom stereocenters. The number of para-hydroxylation sites is 2. The fourth-order valence-corrected chi connectivity index (χ4v) is 11.7. The molecule has 15 rings (SSSR count). The van der Waals surface area contributed by atoms with Crippen LogP contribution in [0.1, 0.15) is 22.3 Å². The second-order valence-corrected chi connectivity index (χ2v) is 18.7. The molecule has 4 aliphatic rings. The van der Waals surface area contributed by atoms with Crippen LogP contribution in [0.5, 0.6) is 46.0 Å². The van der Waals surface area contributed by atoms with Crippen LogP contribution in [0.25, 0.3) is 55.0 Å². The molecule has 0 bridgehead atoms. The van der Waals surface area contributed by atoms with E-state index in [-0.39, 0.29) is 13.4 Å². The lowest BCUT2D eigenvalue weighted by molar-refractivity contribution is 0.451. The van der Waals surface area contributed by atoms with E-state index < -0.39 is 0 Å². The largest absolute Gasteiger partial charge is 0.458 e. The molecule has 0 saturated heterocycles. The molecule has 6 nitrogen and oxygen atoms in total. The second-order valence-electron chi connectivity index (χ2n) is 18.7. The maximum atomic E-state index is 7.17. The van der Waals surface area contributed by atoms with E-state index in [1.807, 2.05) is 0 Å². The molecule has 2 aromatic heterocycles. The van der Waals surface area contributed by atoms with Crippen LogP contribution in [0.3, 0.4) is 0 Å². The second kappa shape index (κ2) is 12.8. The zero-order chi connectivity index (χ0) is 43.7. The third kappa shape index (κ3) is 4.88. The first-order valence-electron chi connectivity index (χ1n) is 22.8. The van der Waals surface area contributed by atoms with Gasteiger partial charge in [-0.25, -0.2) is 0 Å². The molecule has 0 radical (unpaired) electrons. The third-order valence-electron chi connectivity index (χ3n) is 14.5. The summed E-state index contributed by atoms with van der Waals surface area (Å²) < 4.78 is 32.8. The van der Waals surface area contributed by atoms with Crippen LogP contribution < -0.4 is 51.7 Å². The molecule has 11 aromatic rings. The maximum absolute atomic E-state index is 7.17. The summed E-state index contributed by atoms with van der Waals surface area (Å²) in [6.07, 6.45) is 0. The maximum Gasteiger partial charge on any atom is 0.260 e. The summed E-state index contributed by atoms with van der Waals surface area (Å²) in [6.45, 7) is 8.37. The van der Waals surface area contributed by atoms with Crippen LogP contribution in [0.15, 0.2) is 158 Å². The summed E-state index contributed by atoms with van der Waals surface area (Å²) in [5.41, 5.74) is 17.9. The SMILES string of the molecule is Cc1ccc2c(c1)c1cc(C)ccc1n2-c1cc2c3c(c1)Oc1cc4c(cc1B3c1ccccc1O2)B1c2ccccc2Oc2cc(-n3c5ccc(C)cc5c5cc(C)ccc53)cc(c21)O4. The van der Waals surface area contributed by atoms with E-state index in [2.05, 4.69) is 195 Å². The number of aryl methyl sites for hydroxylation is 4. The Labute approximate surface area is 381 Å². The molecule has 0 N–H and O–H groups in total. The zero-order valence-electron chi connectivity index (χ0n) is 36.7. The van der Waals surface area contributed by atoms with Gasteiger partial charge >= 0.3 is 0 Å². The lowest BCUT2D eigenvalue weighted by atomic mass is 9.31. The Kier molecular flexibility index (Phi) is 7.03. The minimum atomic E-state index is -0.132. The first-order chi connectivity index (χ1) is 32.3. The van der Waals surface area contributed by atoms with Crippen molar-refractivity contribution < 1.29 is 18.9 Å². The number of ether oxygens (including phenoxy) is 4. The molecule has 4 aliphatic heterocycles. The molecule has 0 amide bonds. The summed E-state index contributed by atoms with van der Waals surface area (Å²) in [6, 6.07) is 57.0. The minimum Gasteiger partial charge on any atom is -0.458 e. The highest BCUT2D eigenvalue weighted by Crippen LogP contribution is 2.44. The molecule has 0 spiro atoms. The van der Waals surface area contributed by atoms with Gasteiger partial charge in [-0.15, -0.1) is 0 Å². The molecule has 8 heteroatoms. The Morgan fingerprint density at radius 3 is 1.00 bits per heavy atom. The van der Waals surface area contributed by atoms with E-state index in [0.29, 0.717) is 0 Å². The van der Waals surface area contributed by atoms with Crippen LogP contribution in [-0.4, -0.2) is 22.6 Å². The number of benzene rings is 9. The average molecular weight is 849 g/mol. The number of hydrogen-bond donors (Lipinski definition) is 0. The predicted molar refractivity (Wildman–Crippen MR) is 269 cm³/mol. The van der Waals surface area contributed by atoms with E-state index >= 15 is 0 Å². The molecule has 6 heterocycles. The van der Waals surface area contributed by atoms with Crippen LogP contribution >= 0.6 is 0 Å². The normalized spacial score (nSPS) is 13.6. The average Bonchev–Trinajstić information content (AvgIpc) is 3.81. The summed E-state index contributed by atoms with van der Waals surface area (Å²) >= 11 is 0. The quantitative estimate of drug-likeness (QED) is 0.163. The first kappa shape index (κ1) is 36.3. The fourth-order valence-electron chi connectivity index (χ4n) is 11.7. The topological polar surface area (TPSA) is 46.8 Å². The van der Waals surface area contributed by atoms with Gasteiger partial charge in [0.1, 0.15) is 46.0 Å². The number of hydrogen-bond acceptors (Lipinski definition) is 4. The predicted octanol–water partition coefficient (Wildman–Crippen LogP) is 10.6. The highest BCUT2D eigenvalue weighted by atomic mass is 16.5. The number of fused-ring (bicyclic) bond motifs is 14. The van der Waals surface area contributed by atoms with Crippen molar-refractivity contribution in [3.8, 4) is 57.4 Å². The van der Waals surface area contributed by atoms with E-state index in [0.717, 1.165) is 112 Å². The molecule has 9 aromatic carbocycles. The Hall–Kier alpha value is -8.09. The Morgan fingerprint density at radius 1 is 0.303 bits per heavy atom. The Bertz CT molecular complexity index is 3660. The highest BCUT2D eigenvalue weighted by molar-refractivity contribution is 7.01. The van der Waals surface area contributed by atoms with Crippen molar-refractivity contribution >= 4 is 89.8 Å². The van der Waals surface area contributed by atoms with Crippen molar-refractivity contribution in [2.75, 3.05) is 0 Å². The van der Waals surface area contributed by atoms with Crippen LogP contribution in [0.4, 0.5) is 0 Å². The van der Waals surface area contributed by atoms with Gasteiger partial charge in [0.15, 0.2) is 0 Å². The molecule has 0 fully saturated rings. The van der Waals surface area contributed by atoms with Crippen molar-refractivity contribution in [1.82, 2.24) is 9.13 Å². The van der Waals surface area contributed by atoms with Gasteiger partial charge in [-0.05, 0) is 110 Å². The van der Waals surface area contributed by atoms with Crippen molar-refractivity contribution in [1.29, 1.82) is 0 Å². The monoisotopic (exact) mass is 848 g/mol. The van der Waals surface area contributed by atoms with E-state index in [9.17, 15) is 0 Å². The molecule has 66 heavy (non-hydrogen) atoms. The van der Waals surface area contributed by atoms with Gasteiger partial charge in [0.2, 0.25) is 0 Å². The fraction of sp³-hybridized carbons (Fsp3) is 0.0690. The number of nitrogens with zero attached hydrogens (tertiary/aromatic N) is 2. The standard InChI is InChI=1S/C58H38B2N2O4/c1-31-13-17-45-37(21-31)38-22-32(2)14-18-46(38)61(45)35-25-53-57-55(27-35)65-51-30-52-44(29-43(51)59(57)41-9-5-7-11-49(41)63-53)60-42-10-6-8-12-50(42)64-54-26-36(28-56(66-52)58(54)60)62-47-19-15-33(3)23-39(47)40-24-34(4)16-20-48(40)62/h5-30H,1-4H3. The first-order valence-corrected chi connectivity index (χ1v) is 22.8. The molecular formula is C58H38B2N2O4. The third-order valence-corrected chi connectivity index (χ3v) is 14.5. The van der Waals surface area contributed by atoms with Crippen molar-refractivity contribution in [2.24, 2.45) is 0 Å². The van der Waals surface area contributed by atoms with Crippen LogP contribution in [-0.2, 0) is 0 Å². The molecule has 0 aliphatic carbocycles. The van der Waals surface area contributed by atoms with E-state index in [1.165, 1.54) is 43.8 Å². The smallest absolute Gasteiger partial charge is 0.260 e. The summed E-state index contributed by atoms with van der Waals surface area (Å²) in [4.78, 5) is 0. The molecular weight excluding hydrogens is 810 g/mol. The molecule has 0 atom stereocenters. The lowest BCUT2D eigenvalue weighted by Gasteiger charge is -2.37. The Balaban J connectivity index is 0.940. The summed E-state index contributed by atoms with van der Waals surface area (Å²) in [7, 11) is 0. The van der Waals surface area contributed by atoms with Crippen molar-refractivity contribution in [2.45, 2.75) is 27.7 Å². The van der Waals surface area contributed by atoms with E-state index in [1.54, 1.807) is 0 Å². The number of aromatic nitrogens is 2. The molecule has 310 valence electrons. The Morgan fingerprint density at radius 2 is 0.636 bits per heavy atom. The van der Waals surface area contributed by atoms with Crippen LogP contribution in [0, 0.1) is 27.7 Å². The van der Waals surface area contributed by atoms with Gasteiger partial charge < -0.3 is 28.1 Å². The number of rotatable bonds is 2. The summed E-state index contributed by atoms with van der Waals surface area (Å²) in [5.74, 6) is 6.38. The van der Waals surface area contributed by atoms with Crippen LogP contribution in [0.2, 0.25) is 0 Å². The van der Waals surface area contributed by atoms with Crippen molar-refractivity contribution in [3.63, 3.8) is 0 Å². The zero-order valence-corrected chi connectivity index (χ0v) is 36.7. The van der Waals surface area contributed by atoms with E-state index in [4.69, 9.17) is 18.9 Å².